The largest absolute Gasteiger partial charge is 0.465 e. The fourth-order valence-corrected chi connectivity index (χ4v) is 2.23. The molecule has 0 amide bonds. The number of carbonyl (C=O) groups is 2. The molecule has 6 nitrogen and oxygen atoms in total. The number of nitrogen functional groups attached to an aromatic ring is 1. The first-order chi connectivity index (χ1) is 11.1. The number of nitrogens with two attached hydrogens (primary N) is 1. The molecule has 1 aromatic heterocycles. The van der Waals surface area contributed by atoms with Crippen LogP contribution in [0.1, 0.15) is 38.8 Å². The molecular weight excluding hydrogens is 298 g/mol. The number of ether oxygens (including phenoxy) is 2. The highest BCUT2D eigenvalue weighted by molar-refractivity contribution is 5.95. The predicted octanol–water partition coefficient (Wildman–Crippen LogP) is 2.61. The summed E-state index contributed by atoms with van der Waals surface area (Å²) in [5.74, 6) is -0.789. The Balaban J connectivity index is 2.04. The summed E-state index contributed by atoms with van der Waals surface area (Å²) >= 11 is 0. The van der Waals surface area contributed by atoms with Gasteiger partial charge in [-0.15, -0.1) is 0 Å². The molecule has 0 bridgehead atoms. The maximum absolute atomic E-state index is 11.7. The van der Waals surface area contributed by atoms with Gasteiger partial charge in [-0.2, -0.15) is 0 Å². The van der Waals surface area contributed by atoms with E-state index in [0.717, 1.165) is 5.56 Å². The highest BCUT2D eigenvalue weighted by Gasteiger charge is 2.19. The van der Waals surface area contributed by atoms with Gasteiger partial charge in [-0.3, -0.25) is 0 Å². The molecule has 2 rings (SSSR count). The van der Waals surface area contributed by atoms with Crippen molar-refractivity contribution in [1.29, 1.82) is 0 Å². The van der Waals surface area contributed by atoms with E-state index in [1.165, 1.54) is 13.4 Å². The first-order valence-corrected chi connectivity index (χ1v) is 7.27. The van der Waals surface area contributed by atoms with Crippen molar-refractivity contribution in [2.75, 3.05) is 19.5 Å². The Labute approximate surface area is 134 Å². The zero-order valence-electron chi connectivity index (χ0n) is 13.1. The first-order valence-electron chi connectivity index (χ1n) is 7.27. The van der Waals surface area contributed by atoms with Crippen molar-refractivity contribution >= 4 is 17.8 Å². The summed E-state index contributed by atoms with van der Waals surface area (Å²) in [5.41, 5.74) is 8.16. The van der Waals surface area contributed by atoms with E-state index in [9.17, 15) is 9.59 Å². The van der Waals surface area contributed by atoms with Crippen LogP contribution in [-0.4, -0.2) is 25.7 Å². The first kappa shape index (κ1) is 16.6. The van der Waals surface area contributed by atoms with Gasteiger partial charge in [-0.05, 0) is 37.5 Å². The van der Waals surface area contributed by atoms with Crippen LogP contribution in [0, 0.1) is 0 Å². The average Bonchev–Trinajstić information content (AvgIpc) is 2.93. The molecule has 2 N–H and O–H groups in total. The second kappa shape index (κ2) is 7.49. The van der Waals surface area contributed by atoms with Crippen LogP contribution in [0.15, 0.2) is 34.9 Å². The fraction of sp³-hybridized carbons (Fsp3) is 0.294. The number of rotatable bonds is 6. The molecule has 0 aliphatic carbocycles. The topological polar surface area (TPSA) is 91.8 Å². The van der Waals surface area contributed by atoms with Gasteiger partial charge in [0.1, 0.15) is 5.56 Å². The average molecular weight is 317 g/mol. The Kier molecular flexibility index (Phi) is 5.41. The lowest BCUT2D eigenvalue weighted by molar-refractivity contribution is 0.0525. The lowest BCUT2D eigenvalue weighted by Gasteiger charge is -2.05. The lowest BCUT2D eigenvalue weighted by Crippen LogP contribution is -2.07. The van der Waals surface area contributed by atoms with Crippen LogP contribution in [0.2, 0.25) is 0 Å². The minimum absolute atomic E-state index is 0.0597. The summed E-state index contributed by atoms with van der Waals surface area (Å²) in [7, 11) is 1.30. The highest BCUT2D eigenvalue weighted by atomic mass is 16.5. The van der Waals surface area contributed by atoms with Crippen molar-refractivity contribution in [1.82, 2.24) is 0 Å². The van der Waals surface area contributed by atoms with Crippen molar-refractivity contribution in [2.24, 2.45) is 0 Å². The van der Waals surface area contributed by atoms with E-state index in [-0.39, 0.29) is 17.4 Å². The lowest BCUT2D eigenvalue weighted by atomic mass is 10.0. The number of aryl methyl sites for hydroxylation is 2. The molecule has 0 saturated carbocycles. The van der Waals surface area contributed by atoms with E-state index in [4.69, 9.17) is 19.6 Å². The van der Waals surface area contributed by atoms with Crippen molar-refractivity contribution < 1.29 is 23.5 Å². The van der Waals surface area contributed by atoms with E-state index >= 15 is 0 Å². The molecule has 1 aromatic carbocycles. The Morgan fingerprint density at radius 3 is 2.43 bits per heavy atom. The number of carbonyl (C=O) groups excluding carboxylic acids is 2. The molecule has 2 aromatic rings. The minimum atomic E-state index is -0.510. The molecule has 122 valence electrons. The Morgan fingerprint density at radius 2 is 1.83 bits per heavy atom. The third-order valence-corrected chi connectivity index (χ3v) is 3.43. The van der Waals surface area contributed by atoms with Crippen LogP contribution < -0.4 is 5.73 Å². The van der Waals surface area contributed by atoms with Gasteiger partial charge in [0, 0.05) is 5.56 Å². The maximum atomic E-state index is 11.7. The number of methoxy groups -OCH3 is 1. The molecule has 0 spiro atoms. The van der Waals surface area contributed by atoms with Gasteiger partial charge >= 0.3 is 11.9 Å². The maximum Gasteiger partial charge on any atom is 0.343 e. The number of anilines is 1. The number of hydrogen-bond acceptors (Lipinski definition) is 6. The van der Waals surface area contributed by atoms with Crippen molar-refractivity contribution in [3.63, 3.8) is 0 Å². The zero-order chi connectivity index (χ0) is 16.8. The van der Waals surface area contributed by atoms with Gasteiger partial charge in [0.25, 0.3) is 0 Å². The van der Waals surface area contributed by atoms with E-state index in [1.807, 2.05) is 12.1 Å². The third-order valence-electron chi connectivity index (χ3n) is 3.43. The van der Waals surface area contributed by atoms with E-state index < -0.39 is 5.97 Å². The van der Waals surface area contributed by atoms with E-state index in [1.54, 1.807) is 19.1 Å². The Hall–Kier alpha value is -2.76. The van der Waals surface area contributed by atoms with Crippen molar-refractivity contribution in [2.45, 2.75) is 19.8 Å². The van der Waals surface area contributed by atoms with Gasteiger partial charge < -0.3 is 19.6 Å². The van der Waals surface area contributed by atoms with Crippen LogP contribution in [0.5, 0.6) is 0 Å². The Morgan fingerprint density at radius 1 is 1.13 bits per heavy atom. The molecule has 0 aliphatic rings. The summed E-state index contributed by atoms with van der Waals surface area (Å²) in [5, 5.41) is 0. The SMILES string of the molecule is CCOC(=O)c1ccc(CCc2coc(N)c2C(=O)OC)cc1. The summed E-state index contributed by atoms with van der Waals surface area (Å²) < 4.78 is 14.7. The molecule has 0 unspecified atom stereocenters. The van der Waals surface area contributed by atoms with Crippen molar-refractivity contribution in [3.8, 4) is 0 Å². The van der Waals surface area contributed by atoms with Crippen LogP contribution in [-0.2, 0) is 22.3 Å². The molecule has 0 aliphatic heterocycles. The Bertz CT molecular complexity index is 688. The van der Waals surface area contributed by atoms with Gasteiger partial charge in [-0.1, -0.05) is 12.1 Å². The monoisotopic (exact) mass is 317 g/mol. The van der Waals surface area contributed by atoms with Crippen LogP contribution >= 0.6 is 0 Å². The number of hydrogen-bond donors (Lipinski definition) is 1. The fourth-order valence-electron chi connectivity index (χ4n) is 2.23. The molecule has 23 heavy (non-hydrogen) atoms. The third kappa shape index (κ3) is 3.91. The van der Waals surface area contributed by atoms with Crippen LogP contribution in [0.3, 0.4) is 0 Å². The highest BCUT2D eigenvalue weighted by Crippen LogP contribution is 2.22. The standard InChI is InChI=1S/C17H19NO5/c1-3-22-16(19)12-7-4-11(5-8-12)6-9-13-10-23-15(18)14(13)17(20)21-2/h4-5,7-8,10H,3,6,9,18H2,1-2H3. The number of benzene rings is 1. The van der Waals surface area contributed by atoms with Gasteiger partial charge in [0.05, 0.1) is 25.5 Å². The molecule has 0 atom stereocenters. The summed E-state index contributed by atoms with van der Waals surface area (Å²) in [4.78, 5) is 23.3. The van der Waals surface area contributed by atoms with Crippen molar-refractivity contribution in [3.05, 3.63) is 52.8 Å². The molecular formula is C17H19NO5. The molecule has 0 fully saturated rings. The second-order valence-electron chi connectivity index (χ2n) is 4.91. The van der Waals surface area contributed by atoms with Crippen LogP contribution in [0.25, 0.3) is 0 Å². The quantitative estimate of drug-likeness (QED) is 0.823. The molecule has 1 heterocycles. The number of furan rings is 1. The summed E-state index contributed by atoms with van der Waals surface area (Å²) in [6, 6.07) is 7.15. The normalized spacial score (nSPS) is 10.3. The predicted molar refractivity (Wildman–Crippen MR) is 84.3 cm³/mol. The zero-order valence-corrected chi connectivity index (χ0v) is 13.1. The van der Waals surface area contributed by atoms with Gasteiger partial charge in [-0.25, -0.2) is 9.59 Å². The van der Waals surface area contributed by atoms with Crippen LogP contribution in [0.4, 0.5) is 5.88 Å². The smallest absolute Gasteiger partial charge is 0.343 e. The van der Waals surface area contributed by atoms with E-state index in [2.05, 4.69) is 0 Å². The molecule has 6 heteroatoms. The minimum Gasteiger partial charge on any atom is -0.465 e. The van der Waals surface area contributed by atoms with Gasteiger partial charge in [0.15, 0.2) is 0 Å². The molecule has 0 saturated heterocycles. The molecule has 0 radical (unpaired) electrons. The number of esters is 2. The van der Waals surface area contributed by atoms with E-state index in [0.29, 0.717) is 30.6 Å². The summed E-state index contributed by atoms with van der Waals surface area (Å²) in [6.07, 6.45) is 2.71. The summed E-state index contributed by atoms with van der Waals surface area (Å²) in [6.45, 7) is 2.11. The second-order valence-corrected chi connectivity index (χ2v) is 4.91. The van der Waals surface area contributed by atoms with Gasteiger partial charge in [0.2, 0.25) is 5.88 Å².